The van der Waals surface area contributed by atoms with Gasteiger partial charge in [-0.15, -0.1) is 0 Å². The third-order valence-corrected chi connectivity index (χ3v) is 10.4. The summed E-state index contributed by atoms with van der Waals surface area (Å²) in [6.45, 7) is 1.77. The van der Waals surface area contributed by atoms with Crippen molar-refractivity contribution in [2.45, 2.75) is 75.0 Å². The molecule has 4 aromatic rings. The molecule has 266 valence electrons. The maximum absolute atomic E-state index is 15.3. The number of benzene rings is 1. The fraction of sp³-hybridized carbons (Fsp3) is 0.432. The molecule has 51 heavy (non-hydrogen) atoms. The summed E-state index contributed by atoms with van der Waals surface area (Å²) in [7, 11) is 0. The van der Waals surface area contributed by atoms with Crippen LogP contribution in [0.15, 0.2) is 60.8 Å². The molecular weight excluding hydrogens is 659 g/mol. The number of nitrogens with one attached hydrogen (secondary N) is 3. The number of aromatic nitrogens is 3. The van der Waals surface area contributed by atoms with Gasteiger partial charge in [-0.3, -0.25) is 9.78 Å². The number of halogens is 1. The lowest BCUT2D eigenvalue weighted by Crippen LogP contribution is -2.61. The minimum Gasteiger partial charge on any atom is -0.480 e. The summed E-state index contributed by atoms with van der Waals surface area (Å²) in [5.74, 6) is 0.713. The quantitative estimate of drug-likeness (QED) is 0.193. The fourth-order valence-corrected chi connectivity index (χ4v) is 7.15. The third-order valence-electron chi connectivity index (χ3n) is 10.4. The molecule has 0 radical (unpaired) electrons. The molecule has 14 heteroatoms. The van der Waals surface area contributed by atoms with Crippen LogP contribution in [0.3, 0.4) is 0 Å². The summed E-state index contributed by atoms with van der Waals surface area (Å²) in [5, 5.41) is 9.26. The van der Waals surface area contributed by atoms with Crippen LogP contribution in [0.5, 0.6) is 11.6 Å². The molecule has 9 rings (SSSR count). The fourth-order valence-electron chi connectivity index (χ4n) is 7.15. The monoisotopic (exact) mass is 698 g/mol. The van der Waals surface area contributed by atoms with Crippen molar-refractivity contribution in [1.29, 1.82) is 0 Å². The van der Waals surface area contributed by atoms with Crippen LogP contribution in [-0.4, -0.2) is 76.7 Å². The number of hydrogen-bond donors (Lipinski definition) is 3. The first kappa shape index (κ1) is 33.2. The molecule has 1 saturated carbocycles. The van der Waals surface area contributed by atoms with Crippen LogP contribution in [0.25, 0.3) is 11.0 Å². The van der Waals surface area contributed by atoms with Gasteiger partial charge in [0.05, 0.1) is 47.8 Å². The van der Waals surface area contributed by atoms with Gasteiger partial charge in [0.1, 0.15) is 25.1 Å². The molecule has 2 amide bonds. The van der Waals surface area contributed by atoms with Crippen LogP contribution >= 0.6 is 0 Å². The molecule has 13 nitrogen and oxygen atoms in total. The van der Waals surface area contributed by atoms with Crippen molar-refractivity contribution in [1.82, 2.24) is 25.6 Å². The standard InChI is InChI=1S/C37H39FN6O7/c38-26-17-39-27-7-9-32(49-20-30-28(19-47-30)42-35(46)50-18-23-4-2-1-3-5-23)44-33(27)25(26)10-11-37-14-12-36(13-15-37,22-51-37)40-16-24-6-8-29-34(41-24)43-31(45)21-48-29/h1-9,17,28,30,40H,10-16,18-22H2,(H,42,46)(H,41,43,45)/t28-,30-,36?,37?/m1/s1. The number of anilines is 1. The van der Waals surface area contributed by atoms with Crippen LogP contribution in [0, 0.1) is 5.82 Å². The molecule has 3 N–H and O–H groups in total. The van der Waals surface area contributed by atoms with Crippen molar-refractivity contribution in [3.63, 3.8) is 0 Å². The van der Waals surface area contributed by atoms with Gasteiger partial charge in [0.25, 0.3) is 5.91 Å². The van der Waals surface area contributed by atoms with E-state index in [2.05, 4.69) is 30.9 Å². The van der Waals surface area contributed by atoms with Crippen LogP contribution in [0.4, 0.5) is 15.0 Å². The molecule has 2 atom stereocenters. The number of carbonyl (C=O) groups is 2. The minimum atomic E-state index is -0.524. The number of pyridine rings is 3. The second kappa shape index (κ2) is 14.0. The van der Waals surface area contributed by atoms with Crippen molar-refractivity contribution in [3.05, 3.63) is 83.4 Å². The summed E-state index contributed by atoms with van der Waals surface area (Å²) in [5.41, 5.74) is 2.73. The van der Waals surface area contributed by atoms with Crippen LogP contribution in [0.2, 0.25) is 0 Å². The highest BCUT2D eigenvalue weighted by Gasteiger charge is 2.49. The summed E-state index contributed by atoms with van der Waals surface area (Å²) >= 11 is 0. The number of hydrogen-bond acceptors (Lipinski definition) is 11. The minimum absolute atomic E-state index is 0.00252. The van der Waals surface area contributed by atoms with Gasteiger partial charge >= 0.3 is 6.09 Å². The molecular formula is C37H39FN6O7. The van der Waals surface area contributed by atoms with Gasteiger partial charge in [-0.1, -0.05) is 30.3 Å². The van der Waals surface area contributed by atoms with Crippen molar-refractivity contribution in [3.8, 4) is 11.6 Å². The smallest absolute Gasteiger partial charge is 0.407 e. The average Bonchev–Trinajstić information content (AvgIpc) is 3.15. The van der Waals surface area contributed by atoms with Gasteiger partial charge in [-0.05, 0) is 62.3 Å². The van der Waals surface area contributed by atoms with Crippen LogP contribution in [-0.2, 0) is 38.6 Å². The third kappa shape index (κ3) is 7.30. The zero-order valence-corrected chi connectivity index (χ0v) is 28.0. The van der Waals surface area contributed by atoms with Crippen molar-refractivity contribution >= 4 is 28.9 Å². The highest BCUT2D eigenvalue weighted by Crippen LogP contribution is 2.46. The Labute approximate surface area is 293 Å². The Balaban J connectivity index is 0.844. The maximum Gasteiger partial charge on any atom is 0.407 e. The first-order valence-electron chi connectivity index (χ1n) is 17.3. The van der Waals surface area contributed by atoms with Gasteiger partial charge in [0.15, 0.2) is 18.2 Å². The number of alkyl carbamates (subject to hydrolysis) is 1. The number of ether oxygens (including phenoxy) is 5. The normalized spacial score (nSPS) is 24.9. The first-order chi connectivity index (χ1) is 24.8. The summed E-state index contributed by atoms with van der Waals surface area (Å²) in [6, 6.07) is 16.4. The number of fused-ring (bicyclic) bond motifs is 5. The predicted molar refractivity (Wildman–Crippen MR) is 182 cm³/mol. The van der Waals surface area contributed by atoms with E-state index in [1.807, 2.05) is 42.5 Å². The molecule has 3 saturated heterocycles. The highest BCUT2D eigenvalue weighted by molar-refractivity contribution is 5.94. The van der Waals surface area contributed by atoms with Gasteiger partial charge in [-0.2, -0.15) is 0 Å². The van der Waals surface area contributed by atoms with Gasteiger partial charge in [-0.25, -0.2) is 19.2 Å². The van der Waals surface area contributed by atoms with Gasteiger partial charge < -0.3 is 39.6 Å². The molecule has 0 spiro atoms. The van der Waals surface area contributed by atoms with E-state index in [0.29, 0.717) is 66.6 Å². The topological polar surface area (TPSA) is 155 Å². The SMILES string of the molecule is O=C1COc2ccc(CNC34CCC(CCc5c(F)cnc6ccc(OC[C@H]7OC[C@H]7NC(=O)OCc7ccccc7)nc56)(CC3)OC4)nc2N1. The molecule has 0 unspecified atom stereocenters. The van der Waals surface area contributed by atoms with Crippen LogP contribution in [0.1, 0.15) is 48.9 Å². The van der Waals surface area contributed by atoms with Gasteiger partial charge in [0.2, 0.25) is 5.88 Å². The van der Waals surface area contributed by atoms with E-state index in [1.54, 1.807) is 12.1 Å². The van der Waals surface area contributed by atoms with E-state index in [-0.39, 0.29) is 49.0 Å². The summed E-state index contributed by atoms with van der Waals surface area (Å²) < 4.78 is 44.2. The molecule has 7 heterocycles. The molecule has 4 aliphatic heterocycles. The maximum atomic E-state index is 15.3. The molecule has 2 bridgehead atoms. The number of rotatable bonds is 12. The Bertz CT molecular complexity index is 1910. The lowest BCUT2D eigenvalue weighted by Gasteiger charge is -2.53. The number of nitrogens with zero attached hydrogens (tertiary/aromatic N) is 3. The second-order valence-electron chi connectivity index (χ2n) is 13.7. The van der Waals surface area contributed by atoms with E-state index in [0.717, 1.165) is 36.9 Å². The Morgan fingerprint density at radius 3 is 2.71 bits per heavy atom. The molecule has 4 fully saturated rings. The van der Waals surface area contributed by atoms with Crippen molar-refractivity contribution < 1.29 is 37.7 Å². The van der Waals surface area contributed by atoms with E-state index >= 15 is 4.39 Å². The Morgan fingerprint density at radius 2 is 1.92 bits per heavy atom. The summed E-state index contributed by atoms with van der Waals surface area (Å²) in [6.07, 6.45) is 5.00. The number of aryl methyl sites for hydroxylation is 1. The molecule has 3 aromatic heterocycles. The Hall–Kier alpha value is -4.92. The van der Waals surface area contributed by atoms with E-state index < -0.39 is 11.9 Å². The lowest BCUT2D eigenvalue weighted by atomic mass is 9.69. The average molecular weight is 699 g/mol. The van der Waals surface area contributed by atoms with Gasteiger partial charge in [0, 0.05) is 23.7 Å². The van der Waals surface area contributed by atoms with Crippen molar-refractivity contribution in [2.24, 2.45) is 0 Å². The molecule has 1 aromatic carbocycles. The lowest BCUT2D eigenvalue weighted by molar-refractivity contribution is -0.165. The zero-order chi connectivity index (χ0) is 34.8. The Kier molecular flexibility index (Phi) is 9.13. The zero-order valence-electron chi connectivity index (χ0n) is 28.0. The largest absolute Gasteiger partial charge is 0.480 e. The second-order valence-corrected chi connectivity index (χ2v) is 13.7. The number of carbonyl (C=O) groups excluding carboxylic acids is 2. The summed E-state index contributed by atoms with van der Waals surface area (Å²) in [4.78, 5) is 37.5. The first-order valence-corrected chi connectivity index (χ1v) is 17.3. The number of amides is 2. The molecule has 5 aliphatic rings. The molecule has 1 aliphatic carbocycles. The Morgan fingerprint density at radius 1 is 1.06 bits per heavy atom. The predicted octanol–water partition coefficient (Wildman–Crippen LogP) is 4.37. The van der Waals surface area contributed by atoms with E-state index in [9.17, 15) is 9.59 Å². The van der Waals surface area contributed by atoms with Crippen molar-refractivity contribution in [2.75, 3.05) is 31.7 Å². The van der Waals surface area contributed by atoms with E-state index in [1.165, 1.54) is 6.20 Å². The van der Waals surface area contributed by atoms with Crippen LogP contribution < -0.4 is 25.4 Å². The van der Waals surface area contributed by atoms with E-state index in [4.69, 9.17) is 23.7 Å². The highest BCUT2D eigenvalue weighted by atomic mass is 19.1.